The van der Waals surface area contributed by atoms with E-state index in [4.69, 9.17) is 4.74 Å². The Labute approximate surface area is 180 Å². The van der Waals surface area contributed by atoms with Crippen molar-refractivity contribution in [2.45, 2.75) is 32.8 Å². The lowest BCUT2D eigenvalue weighted by atomic mass is 10.2. The van der Waals surface area contributed by atoms with E-state index in [9.17, 15) is 14.4 Å². The molecule has 1 aromatic carbocycles. The van der Waals surface area contributed by atoms with E-state index in [1.54, 1.807) is 42.7 Å². The molecule has 0 atom stereocenters. The van der Waals surface area contributed by atoms with Crippen molar-refractivity contribution in [1.29, 1.82) is 0 Å². The maximum atomic E-state index is 12.4. The fourth-order valence-corrected chi connectivity index (χ4v) is 3.21. The molecular weight excluding hydrogens is 438 g/mol. The number of rotatable bonds is 5. The van der Waals surface area contributed by atoms with Crippen LogP contribution in [0.5, 0.6) is 0 Å². The third-order valence-corrected chi connectivity index (χ3v) is 4.98. The Bertz CT molecular complexity index is 765. The van der Waals surface area contributed by atoms with Gasteiger partial charge < -0.3 is 19.9 Å². The van der Waals surface area contributed by atoms with Crippen LogP contribution in [0.3, 0.4) is 0 Å². The number of hydrogen-bond donors (Lipinski definition) is 1. The molecule has 158 valence electrons. The topological polar surface area (TPSA) is 79.0 Å². The largest absolute Gasteiger partial charge is 0.444 e. The molecule has 1 aliphatic rings. The lowest BCUT2D eigenvalue weighted by molar-refractivity contribution is -0.137. The number of ether oxygens (including phenoxy) is 1. The van der Waals surface area contributed by atoms with Gasteiger partial charge in [0.15, 0.2) is 0 Å². The van der Waals surface area contributed by atoms with E-state index in [0.29, 0.717) is 26.2 Å². The van der Waals surface area contributed by atoms with Gasteiger partial charge in [0.05, 0.1) is 0 Å². The van der Waals surface area contributed by atoms with Crippen molar-refractivity contribution < 1.29 is 19.1 Å². The number of carbonyl (C=O) groups is 3. The highest BCUT2D eigenvalue weighted by Gasteiger charge is 2.23. The first-order chi connectivity index (χ1) is 13.7. The summed E-state index contributed by atoms with van der Waals surface area (Å²) in [6.07, 6.45) is 3.02. The smallest absolute Gasteiger partial charge is 0.407 e. The van der Waals surface area contributed by atoms with Crippen LogP contribution in [0, 0.1) is 0 Å². The van der Waals surface area contributed by atoms with Gasteiger partial charge in [0.1, 0.15) is 5.60 Å². The quantitative estimate of drug-likeness (QED) is 0.677. The minimum absolute atomic E-state index is 0.0445. The molecule has 1 saturated heterocycles. The Morgan fingerprint density at radius 2 is 1.72 bits per heavy atom. The second kappa shape index (κ2) is 10.4. The van der Waals surface area contributed by atoms with Crippen molar-refractivity contribution in [3.05, 3.63) is 40.4 Å². The first-order valence-corrected chi connectivity index (χ1v) is 10.4. The molecule has 0 bridgehead atoms. The number of amides is 3. The normalized spacial score (nSPS) is 14.8. The Morgan fingerprint density at radius 1 is 1.10 bits per heavy atom. The molecule has 0 radical (unpaired) electrons. The Balaban J connectivity index is 1.72. The molecule has 1 heterocycles. The molecule has 7 nitrogen and oxygen atoms in total. The van der Waals surface area contributed by atoms with Crippen LogP contribution in [-0.4, -0.2) is 66.0 Å². The molecule has 0 unspecified atom stereocenters. The molecule has 0 aromatic heterocycles. The van der Waals surface area contributed by atoms with Crippen LogP contribution in [0.2, 0.25) is 0 Å². The van der Waals surface area contributed by atoms with Gasteiger partial charge in [-0.25, -0.2) is 4.79 Å². The van der Waals surface area contributed by atoms with Gasteiger partial charge >= 0.3 is 6.09 Å². The highest BCUT2D eigenvalue weighted by molar-refractivity contribution is 9.10. The van der Waals surface area contributed by atoms with E-state index in [1.807, 2.05) is 24.3 Å². The number of nitrogens with one attached hydrogen (secondary N) is 1. The summed E-state index contributed by atoms with van der Waals surface area (Å²) in [5.41, 5.74) is 0.370. The molecule has 3 amide bonds. The summed E-state index contributed by atoms with van der Waals surface area (Å²) in [5.74, 6) is -0.114. The standard InChI is InChI=1S/C21H28BrN3O4/c1-21(2,3)29-20(28)23-11-10-19(27)25-14-12-24(13-15-25)18(26)9-8-16-6-4-5-7-17(16)22/h4-9H,10-15H2,1-3H3,(H,23,28)/b9-8+. The number of halogens is 1. The number of piperazine rings is 1. The van der Waals surface area contributed by atoms with Crippen molar-refractivity contribution in [2.24, 2.45) is 0 Å². The second-order valence-corrected chi connectivity index (χ2v) is 8.59. The van der Waals surface area contributed by atoms with Crippen molar-refractivity contribution >= 4 is 39.9 Å². The molecule has 8 heteroatoms. The zero-order valence-electron chi connectivity index (χ0n) is 17.1. The molecule has 1 N–H and O–H groups in total. The van der Waals surface area contributed by atoms with Gasteiger partial charge in [-0.05, 0) is 38.5 Å². The van der Waals surface area contributed by atoms with E-state index in [0.717, 1.165) is 10.0 Å². The summed E-state index contributed by atoms with van der Waals surface area (Å²) in [6.45, 7) is 7.53. The van der Waals surface area contributed by atoms with Crippen LogP contribution in [0.25, 0.3) is 6.08 Å². The average molecular weight is 466 g/mol. The molecule has 0 spiro atoms. The maximum Gasteiger partial charge on any atom is 0.407 e. The van der Waals surface area contributed by atoms with Gasteiger partial charge in [0, 0.05) is 49.7 Å². The van der Waals surface area contributed by atoms with Crippen molar-refractivity contribution in [2.75, 3.05) is 32.7 Å². The van der Waals surface area contributed by atoms with Crippen LogP contribution >= 0.6 is 15.9 Å². The number of carbonyl (C=O) groups excluding carboxylic acids is 3. The highest BCUT2D eigenvalue weighted by Crippen LogP contribution is 2.17. The van der Waals surface area contributed by atoms with Crippen LogP contribution in [0.1, 0.15) is 32.8 Å². The lowest BCUT2D eigenvalue weighted by Gasteiger charge is -2.34. The van der Waals surface area contributed by atoms with E-state index in [-0.39, 0.29) is 24.8 Å². The Morgan fingerprint density at radius 3 is 2.34 bits per heavy atom. The minimum Gasteiger partial charge on any atom is -0.444 e. The third-order valence-electron chi connectivity index (χ3n) is 4.26. The predicted octanol–water partition coefficient (Wildman–Crippen LogP) is 3.05. The lowest BCUT2D eigenvalue weighted by Crippen LogP contribution is -2.50. The molecule has 29 heavy (non-hydrogen) atoms. The Kier molecular flexibility index (Phi) is 8.25. The van der Waals surface area contributed by atoms with E-state index >= 15 is 0 Å². The predicted molar refractivity (Wildman–Crippen MR) is 115 cm³/mol. The van der Waals surface area contributed by atoms with E-state index in [1.165, 1.54) is 0 Å². The summed E-state index contributed by atoms with van der Waals surface area (Å²) in [5, 5.41) is 2.59. The van der Waals surface area contributed by atoms with Crippen molar-refractivity contribution in [1.82, 2.24) is 15.1 Å². The van der Waals surface area contributed by atoms with Gasteiger partial charge in [0.2, 0.25) is 11.8 Å². The van der Waals surface area contributed by atoms with Crippen molar-refractivity contribution in [3.8, 4) is 0 Å². The molecular formula is C21H28BrN3O4. The van der Waals surface area contributed by atoms with Gasteiger partial charge in [0.25, 0.3) is 0 Å². The zero-order chi connectivity index (χ0) is 21.4. The molecule has 0 aliphatic carbocycles. The molecule has 1 aromatic rings. The third kappa shape index (κ3) is 7.89. The van der Waals surface area contributed by atoms with Crippen LogP contribution in [0.15, 0.2) is 34.8 Å². The number of benzene rings is 1. The fourth-order valence-electron chi connectivity index (χ4n) is 2.80. The summed E-state index contributed by atoms with van der Waals surface area (Å²) in [6, 6.07) is 7.68. The molecule has 1 aliphatic heterocycles. The monoisotopic (exact) mass is 465 g/mol. The first kappa shape index (κ1) is 22.9. The van der Waals surface area contributed by atoms with Gasteiger partial charge in [-0.2, -0.15) is 0 Å². The molecule has 0 saturated carbocycles. The van der Waals surface area contributed by atoms with Gasteiger partial charge in [-0.1, -0.05) is 34.1 Å². The number of hydrogen-bond acceptors (Lipinski definition) is 4. The number of alkyl carbamates (subject to hydrolysis) is 1. The Hall–Kier alpha value is -2.35. The summed E-state index contributed by atoms with van der Waals surface area (Å²) < 4.78 is 6.07. The van der Waals surface area contributed by atoms with Gasteiger partial charge in [-0.3, -0.25) is 9.59 Å². The van der Waals surface area contributed by atoms with Crippen LogP contribution in [-0.2, 0) is 14.3 Å². The SMILES string of the molecule is CC(C)(C)OC(=O)NCCC(=O)N1CCN(C(=O)/C=C/c2ccccc2Br)CC1. The molecule has 1 fully saturated rings. The van der Waals surface area contributed by atoms with Gasteiger partial charge in [-0.15, -0.1) is 0 Å². The minimum atomic E-state index is -0.567. The zero-order valence-corrected chi connectivity index (χ0v) is 18.7. The van der Waals surface area contributed by atoms with Crippen LogP contribution < -0.4 is 5.32 Å². The maximum absolute atomic E-state index is 12.4. The van der Waals surface area contributed by atoms with Crippen LogP contribution in [0.4, 0.5) is 4.79 Å². The second-order valence-electron chi connectivity index (χ2n) is 7.74. The average Bonchev–Trinajstić information content (AvgIpc) is 2.65. The van der Waals surface area contributed by atoms with E-state index < -0.39 is 11.7 Å². The first-order valence-electron chi connectivity index (χ1n) is 9.62. The van der Waals surface area contributed by atoms with E-state index in [2.05, 4.69) is 21.2 Å². The summed E-state index contributed by atoms with van der Waals surface area (Å²) in [7, 11) is 0. The highest BCUT2D eigenvalue weighted by atomic mass is 79.9. The summed E-state index contributed by atoms with van der Waals surface area (Å²) in [4.78, 5) is 39.7. The van der Waals surface area contributed by atoms with Crippen molar-refractivity contribution in [3.63, 3.8) is 0 Å². The fraction of sp³-hybridized carbons (Fsp3) is 0.476. The number of nitrogens with zero attached hydrogens (tertiary/aromatic N) is 2. The molecule has 2 rings (SSSR count). The summed E-state index contributed by atoms with van der Waals surface area (Å²) >= 11 is 3.46.